The minimum Gasteiger partial charge on any atom is -0.423 e. The summed E-state index contributed by atoms with van der Waals surface area (Å²) in [6.45, 7) is 9.68. The molecular weight excluding hydrogens is 282 g/mol. The molecule has 0 fully saturated rings. The van der Waals surface area contributed by atoms with Crippen molar-refractivity contribution < 1.29 is 9.21 Å². The largest absolute Gasteiger partial charge is 0.423 e. The zero-order chi connectivity index (χ0) is 16.3. The maximum Gasteiger partial charge on any atom is 0.270 e. The number of aromatic nitrogens is 4. The van der Waals surface area contributed by atoms with Gasteiger partial charge < -0.3 is 9.73 Å². The molecule has 0 aromatic carbocycles. The molecule has 2 aromatic rings. The van der Waals surface area contributed by atoms with Gasteiger partial charge in [-0.25, -0.2) is 9.97 Å². The molecule has 0 spiro atoms. The van der Waals surface area contributed by atoms with Gasteiger partial charge in [0.1, 0.15) is 17.6 Å². The molecule has 2 aromatic heterocycles. The minimum absolute atomic E-state index is 0.152. The quantitative estimate of drug-likeness (QED) is 0.912. The van der Waals surface area contributed by atoms with Crippen molar-refractivity contribution >= 4 is 5.91 Å². The smallest absolute Gasteiger partial charge is 0.270 e. The van der Waals surface area contributed by atoms with Crippen LogP contribution in [0, 0.1) is 0 Å². The van der Waals surface area contributed by atoms with Gasteiger partial charge in [0.25, 0.3) is 5.91 Å². The highest BCUT2D eigenvalue weighted by atomic mass is 16.4. The first kappa shape index (κ1) is 16.1. The van der Waals surface area contributed by atoms with Crippen molar-refractivity contribution in [1.82, 2.24) is 25.5 Å². The van der Waals surface area contributed by atoms with Crippen LogP contribution in [0.2, 0.25) is 0 Å². The van der Waals surface area contributed by atoms with Crippen LogP contribution in [0.25, 0.3) is 0 Å². The number of hydrogen-bond donors (Lipinski definition) is 1. The standard InChI is InChI=1S/C15H21N5O2/c1-8(2)12-16-7-6-11(18-12)13(21)17-10(5)15-20-19-14(22-15)9(3)4/h6-10H,1-5H3,(H,17,21)/t10-/m0/s1. The molecule has 2 heterocycles. The predicted molar refractivity (Wildman–Crippen MR) is 80.4 cm³/mol. The Hall–Kier alpha value is -2.31. The van der Waals surface area contributed by atoms with Crippen molar-refractivity contribution in [2.45, 2.75) is 52.5 Å². The van der Waals surface area contributed by atoms with Crippen LogP contribution in [0.5, 0.6) is 0 Å². The number of rotatable bonds is 5. The first-order valence-corrected chi connectivity index (χ1v) is 7.35. The summed E-state index contributed by atoms with van der Waals surface area (Å²) in [7, 11) is 0. The average molecular weight is 303 g/mol. The Morgan fingerprint density at radius 1 is 1.09 bits per heavy atom. The lowest BCUT2D eigenvalue weighted by Gasteiger charge is -2.10. The van der Waals surface area contributed by atoms with Crippen LogP contribution < -0.4 is 5.32 Å². The first-order valence-electron chi connectivity index (χ1n) is 7.35. The summed E-state index contributed by atoms with van der Waals surface area (Å²) < 4.78 is 5.54. The molecule has 7 nitrogen and oxygen atoms in total. The molecule has 2 rings (SSSR count). The van der Waals surface area contributed by atoms with Crippen LogP contribution in [-0.4, -0.2) is 26.1 Å². The molecule has 1 amide bonds. The van der Waals surface area contributed by atoms with Gasteiger partial charge in [-0.2, -0.15) is 0 Å². The van der Waals surface area contributed by atoms with Crippen LogP contribution in [0.1, 0.15) is 80.6 Å². The summed E-state index contributed by atoms with van der Waals surface area (Å²) in [6, 6.07) is 1.20. The topological polar surface area (TPSA) is 93.8 Å². The highest BCUT2D eigenvalue weighted by Gasteiger charge is 2.19. The van der Waals surface area contributed by atoms with Crippen molar-refractivity contribution in [3.63, 3.8) is 0 Å². The first-order chi connectivity index (χ1) is 10.4. The predicted octanol–water partition coefficient (Wildman–Crippen LogP) is 2.60. The maximum atomic E-state index is 12.3. The summed E-state index contributed by atoms with van der Waals surface area (Å²) in [4.78, 5) is 20.7. The molecule has 0 aliphatic heterocycles. The number of carbonyl (C=O) groups is 1. The summed E-state index contributed by atoms with van der Waals surface area (Å²) in [5, 5.41) is 10.7. The molecular formula is C15H21N5O2. The number of nitrogens with one attached hydrogen (secondary N) is 1. The fourth-order valence-electron chi connectivity index (χ4n) is 1.77. The van der Waals surface area contributed by atoms with E-state index in [1.165, 1.54) is 0 Å². The number of carbonyl (C=O) groups excluding carboxylic acids is 1. The van der Waals surface area contributed by atoms with Gasteiger partial charge in [-0.3, -0.25) is 4.79 Å². The van der Waals surface area contributed by atoms with E-state index in [0.29, 0.717) is 23.3 Å². The third kappa shape index (κ3) is 3.66. The van der Waals surface area contributed by atoms with E-state index in [1.54, 1.807) is 19.2 Å². The summed E-state index contributed by atoms with van der Waals surface area (Å²) >= 11 is 0. The monoisotopic (exact) mass is 303 g/mol. The number of amides is 1. The van der Waals surface area contributed by atoms with Crippen LogP contribution in [-0.2, 0) is 0 Å². The maximum absolute atomic E-state index is 12.3. The highest BCUT2D eigenvalue weighted by Crippen LogP contribution is 2.17. The molecule has 1 atom stereocenters. The third-order valence-corrected chi connectivity index (χ3v) is 3.09. The van der Waals surface area contributed by atoms with Crippen LogP contribution >= 0.6 is 0 Å². The van der Waals surface area contributed by atoms with E-state index >= 15 is 0 Å². The molecule has 1 N–H and O–H groups in total. The zero-order valence-corrected chi connectivity index (χ0v) is 13.5. The van der Waals surface area contributed by atoms with Crippen molar-refractivity contribution in [3.8, 4) is 0 Å². The molecule has 22 heavy (non-hydrogen) atoms. The fourth-order valence-corrected chi connectivity index (χ4v) is 1.77. The molecule has 0 saturated heterocycles. The second kappa shape index (κ2) is 6.64. The Morgan fingerprint density at radius 2 is 1.77 bits per heavy atom. The third-order valence-electron chi connectivity index (χ3n) is 3.09. The van der Waals surface area contributed by atoms with Crippen molar-refractivity contribution in [2.24, 2.45) is 0 Å². The van der Waals surface area contributed by atoms with Gasteiger partial charge in [0.15, 0.2) is 0 Å². The Balaban J connectivity index is 2.08. The van der Waals surface area contributed by atoms with Gasteiger partial charge in [0, 0.05) is 18.0 Å². The lowest BCUT2D eigenvalue weighted by molar-refractivity contribution is 0.0928. The average Bonchev–Trinajstić information content (AvgIpc) is 2.97. The van der Waals surface area contributed by atoms with E-state index in [9.17, 15) is 4.79 Å². The summed E-state index contributed by atoms with van der Waals surface area (Å²) in [5.74, 6) is 1.60. The Morgan fingerprint density at radius 3 is 2.36 bits per heavy atom. The lowest BCUT2D eigenvalue weighted by atomic mass is 10.2. The second-order valence-corrected chi connectivity index (χ2v) is 5.78. The minimum atomic E-state index is -0.384. The van der Waals surface area contributed by atoms with E-state index in [-0.39, 0.29) is 23.8 Å². The summed E-state index contributed by atoms with van der Waals surface area (Å²) in [6.07, 6.45) is 1.59. The van der Waals surface area contributed by atoms with E-state index in [2.05, 4.69) is 25.5 Å². The van der Waals surface area contributed by atoms with Gasteiger partial charge in [0.05, 0.1) is 0 Å². The van der Waals surface area contributed by atoms with E-state index < -0.39 is 0 Å². The molecule has 0 saturated carbocycles. The lowest BCUT2D eigenvalue weighted by Crippen LogP contribution is -2.28. The summed E-state index contributed by atoms with van der Waals surface area (Å²) in [5.41, 5.74) is 0.328. The van der Waals surface area contributed by atoms with Crippen molar-refractivity contribution in [3.05, 3.63) is 35.6 Å². The zero-order valence-electron chi connectivity index (χ0n) is 13.5. The van der Waals surface area contributed by atoms with E-state index in [1.807, 2.05) is 27.7 Å². The SMILES string of the molecule is CC(C)c1nccc(C(=O)N[C@@H](C)c2nnc(C(C)C)o2)n1. The van der Waals surface area contributed by atoms with Gasteiger partial charge in [-0.15, -0.1) is 10.2 Å². The second-order valence-electron chi connectivity index (χ2n) is 5.78. The number of nitrogens with zero attached hydrogens (tertiary/aromatic N) is 4. The Labute approximate surface area is 129 Å². The van der Waals surface area contributed by atoms with Gasteiger partial charge >= 0.3 is 0 Å². The van der Waals surface area contributed by atoms with E-state index in [0.717, 1.165) is 0 Å². The van der Waals surface area contributed by atoms with Gasteiger partial charge in [-0.05, 0) is 13.0 Å². The Kier molecular flexibility index (Phi) is 4.85. The number of hydrogen-bond acceptors (Lipinski definition) is 6. The van der Waals surface area contributed by atoms with Crippen LogP contribution in [0.15, 0.2) is 16.7 Å². The highest BCUT2D eigenvalue weighted by molar-refractivity contribution is 5.92. The fraction of sp³-hybridized carbons (Fsp3) is 0.533. The molecule has 0 aliphatic carbocycles. The normalized spacial score (nSPS) is 12.7. The Bertz CT molecular complexity index is 651. The van der Waals surface area contributed by atoms with E-state index in [4.69, 9.17) is 4.42 Å². The molecule has 0 unspecified atom stereocenters. The molecule has 0 radical (unpaired) electrons. The molecule has 0 bridgehead atoms. The van der Waals surface area contributed by atoms with Crippen LogP contribution in [0.4, 0.5) is 0 Å². The van der Waals surface area contributed by atoms with Crippen molar-refractivity contribution in [1.29, 1.82) is 0 Å². The molecule has 0 aliphatic rings. The van der Waals surface area contributed by atoms with Gasteiger partial charge in [0.2, 0.25) is 11.8 Å². The molecule has 118 valence electrons. The van der Waals surface area contributed by atoms with Crippen LogP contribution in [0.3, 0.4) is 0 Å². The van der Waals surface area contributed by atoms with Gasteiger partial charge in [-0.1, -0.05) is 27.7 Å². The van der Waals surface area contributed by atoms with Crippen molar-refractivity contribution in [2.75, 3.05) is 0 Å². The molecule has 7 heteroatoms.